The summed E-state index contributed by atoms with van der Waals surface area (Å²) in [4.78, 5) is 23.1. The van der Waals surface area contributed by atoms with Crippen molar-refractivity contribution in [2.45, 2.75) is 6.54 Å². The summed E-state index contributed by atoms with van der Waals surface area (Å²) < 4.78 is 11.6. The third-order valence-corrected chi connectivity index (χ3v) is 2.53. The molecule has 0 saturated carbocycles. The van der Waals surface area contributed by atoms with Crippen molar-refractivity contribution in [2.24, 2.45) is 7.05 Å². The number of aromatic nitrogens is 1. The molecule has 0 aromatic carbocycles. The monoisotopic (exact) mass is 262 g/mol. The van der Waals surface area contributed by atoms with Crippen LogP contribution >= 0.6 is 0 Å². The number of hydrogen-bond donors (Lipinski definition) is 1. The molecule has 19 heavy (non-hydrogen) atoms. The first-order valence-electron chi connectivity index (χ1n) is 5.74. The number of carbonyl (C=O) groups excluding carboxylic acids is 2. The minimum absolute atomic E-state index is 0.271. The largest absolute Gasteiger partial charge is 0.467 e. The van der Waals surface area contributed by atoms with Gasteiger partial charge in [0.1, 0.15) is 11.5 Å². The smallest absolute Gasteiger partial charge is 0.355 e. The molecule has 6 heteroatoms. The van der Waals surface area contributed by atoms with Crippen molar-refractivity contribution >= 4 is 11.9 Å². The molecule has 0 atom stereocenters. The molecule has 2 heterocycles. The van der Waals surface area contributed by atoms with Crippen LogP contribution in [0, 0.1) is 0 Å². The van der Waals surface area contributed by atoms with E-state index in [1.54, 1.807) is 42.1 Å². The van der Waals surface area contributed by atoms with Crippen molar-refractivity contribution in [3.63, 3.8) is 0 Å². The summed E-state index contributed by atoms with van der Waals surface area (Å²) >= 11 is 0. The van der Waals surface area contributed by atoms with Gasteiger partial charge in [0.15, 0.2) is 6.61 Å². The van der Waals surface area contributed by atoms with Gasteiger partial charge in [-0.25, -0.2) is 4.79 Å². The van der Waals surface area contributed by atoms with E-state index in [-0.39, 0.29) is 19.1 Å². The lowest BCUT2D eigenvalue weighted by molar-refractivity contribution is -0.124. The molecule has 0 radical (unpaired) electrons. The summed E-state index contributed by atoms with van der Waals surface area (Å²) in [5, 5.41) is 2.58. The third kappa shape index (κ3) is 3.48. The van der Waals surface area contributed by atoms with Crippen molar-refractivity contribution in [3.05, 3.63) is 48.2 Å². The highest BCUT2D eigenvalue weighted by Gasteiger charge is 2.12. The second kappa shape index (κ2) is 5.90. The lowest BCUT2D eigenvalue weighted by atomic mass is 10.4. The summed E-state index contributed by atoms with van der Waals surface area (Å²) in [6, 6.07) is 6.84. The van der Waals surface area contributed by atoms with Gasteiger partial charge in [-0.05, 0) is 24.3 Å². The van der Waals surface area contributed by atoms with Crippen LogP contribution in [0.2, 0.25) is 0 Å². The summed E-state index contributed by atoms with van der Waals surface area (Å²) in [7, 11) is 1.73. The quantitative estimate of drug-likeness (QED) is 0.819. The van der Waals surface area contributed by atoms with Crippen molar-refractivity contribution in [2.75, 3.05) is 6.61 Å². The molecule has 2 aromatic heterocycles. The van der Waals surface area contributed by atoms with Crippen LogP contribution in [-0.4, -0.2) is 23.1 Å². The Kier molecular flexibility index (Phi) is 4.02. The van der Waals surface area contributed by atoms with E-state index in [9.17, 15) is 9.59 Å². The van der Waals surface area contributed by atoms with E-state index >= 15 is 0 Å². The summed E-state index contributed by atoms with van der Waals surface area (Å²) in [5.41, 5.74) is 0.402. The van der Waals surface area contributed by atoms with Gasteiger partial charge >= 0.3 is 5.97 Å². The maximum absolute atomic E-state index is 11.6. The summed E-state index contributed by atoms with van der Waals surface area (Å²) in [5.74, 6) is -0.262. The first-order valence-corrected chi connectivity index (χ1v) is 5.74. The number of amides is 1. The molecule has 6 nitrogen and oxygen atoms in total. The molecule has 0 bridgehead atoms. The Hall–Kier alpha value is -2.50. The molecule has 0 aliphatic carbocycles. The topological polar surface area (TPSA) is 73.5 Å². The van der Waals surface area contributed by atoms with Crippen LogP contribution < -0.4 is 5.32 Å². The molecule has 1 N–H and O–H groups in total. The molecule has 0 aliphatic rings. The van der Waals surface area contributed by atoms with E-state index in [2.05, 4.69) is 5.32 Å². The molecule has 2 aromatic rings. The zero-order chi connectivity index (χ0) is 13.7. The first-order chi connectivity index (χ1) is 9.16. The van der Waals surface area contributed by atoms with Crippen LogP contribution in [0.4, 0.5) is 0 Å². The van der Waals surface area contributed by atoms with E-state index in [1.165, 1.54) is 6.26 Å². The Morgan fingerprint density at radius 1 is 1.37 bits per heavy atom. The number of furan rings is 1. The Bertz CT molecular complexity index is 557. The normalized spacial score (nSPS) is 10.2. The van der Waals surface area contributed by atoms with Crippen LogP contribution in [0.5, 0.6) is 0 Å². The zero-order valence-corrected chi connectivity index (χ0v) is 10.5. The van der Waals surface area contributed by atoms with E-state index in [0.29, 0.717) is 11.5 Å². The average Bonchev–Trinajstić information content (AvgIpc) is 3.04. The lowest BCUT2D eigenvalue weighted by Gasteiger charge is -2.06. The van der Waals surface area contributed by atoms with E-state index in [0.717, 1.165) is 0 Å². The molecule has 0 fully saturated rings. The van der Waals surface area contributed by atoms with Gasteiger partial charge in [0.2, 0.25) is 0 Å². The maximum atomic E-state index is 11.6. The highest BCUT2D eigenvalue weighted by atomic mass is 16.5. The Morgan fingerprint density at radius 2 is 2.21 bits per heavy atom. The van der Waals surface area contributed by atoms with Crippen molar-refractivity contribution < 1.29 is 18.7 Å². The van der Waals surface area contributed by atoms with Gasteiger partial charge in [-0.2, -0.15) is 0 Å². The number of nitrogens with one attached hydrogen (secondary N) is 1. The third-order valence-electron chi connectivity index (χ3n) is 2.53. The van der Waals surface area contributed by atoms with Crippen LogP contribution in [-0.2, 0) is 23.1 Å². The predicted octanol–water partition coefficient (Wildman–Crippen LogP) is 1.09. The van der Waals surface area contributed by atoms with E-state index < -0.39 is 5.97 Å². The van der Waals surface area contributed by atoms with Crippen molar-refractivity contribution in [1.29, 1.82) is 0 Å². The maximum Gasteiger partial charge on any atom is 0.355 e. The van der Waals surface area contributed by atoms with Crippen LogP contribution in [0.25, 0.3) is 0 Å². The number of rotatable bonds is 5. The van der Waals surface area contributed by atoms with Crippen LogP contribution in [0.1, 0.15) is 16.2 Å². The Balaban J connectivity index is 1.74. The van der Waals surface area contributed by atoms with E-state index in [1.807, 2.05) is 0 Å². The molecule has 0 aliphatic heterocycles. The fourth-order valence-electron chi connectivity index (χ4n) is 1.53. The molecule has 2 rings (SSSR count). The van der Waals surface area contributed by atoms with Crippen LogP contribution in [0.15, 0.2) is 41.1 Å². The number of hydrogen-bond acceptors (Lipinski definition) is 4. The second-order valence-corrected chi connectivity index (χ2v) is 3.94. The molecular formula is C13H14N2O4. The van der Waals surface area contributed by atoms with Gasteiger partial charge in [0.05, 0.1) is 12.8 Å². The molecule has 0 spiro atoms. The minimum Gasteiger partial charge on any atom is -0.467 e. The molecule has 1 amide bonds. The van der Waals surface area contributed by atoms with Crippen LogP contribution in [0.3, 0.4) is 0 Å². The number of carbonyl (C=O) groups is 2. The van der Waals surface area contributed by atoms with Gasteiger partial charge < -0.3 is 19.0 Å². The predicted molar refractivity (Wildman–Crippen MR) is 66.3 cm³/mol. The average molecular weight is 262 g/mol. The van der Waals surface area contributed by atoms with Crippen molar-refractivity contribution in [1.82, 2.24) is 9.88 Å². The van der Waals surface area contributed by atoms with Gasteiger partial charge in [-0.15, -0.1) is 0 Å². The van der Waals surface area contributed by atoms with Gasteiger partial charge in [0.25, 0.3) is 5.91 Å². The van der Waals surface area contributed by atoms with Gasteiger partial charge in [-0.1, -0.05) is 0 Å². The van der Waals surface area contributed by atoms with Gasteiger partial charge in [-0.3, -0.25) is 4.79 Å². The second-order valence-electron chi connectivity index (χ2n) is 3.94. The SMILES string of the molecule is Cn1cccc1C(=O)OCC(=O)NCc1ccco1. The van der Waals surface area contributed by atoms with Crippen molar-refractivity contribution in [3.8, 4) is 0 Å². The number of nitrogens with zero attached hydrogens (tertiary/aromatic N) is 1. The highest BCUT2D eigenvalue weighted by Crippen LogP contribution is 2.02. The number of esters is 1. The standard InChI is InChI=1S/C13H14N2O4/c1-15-6-2-5-11(15)13(17)19-9-12(16)14-8-10-4-3-7-18-10/h2-7H,8-9H2,1H3,(H,14,16). The fourth-order valence-corrected chi connectivity index (χ4v) is 1.53. The highest BCUT2D eigenvalue weighted by molar-refractivity contribution is 5.89. The Morgan fingerprint density at radius 3 is 2.84 bits per heavy atom. The fraction of sp³-hybridized carbons (Fsp3) is 0.231. The first kappa shape index (κ1) is 12.9. The molecular weight excluding hydrogens is 248 g/mol. The van der Waals surface area contributed by atoms with E-state index in [4.69, 9.17) is 9.15 Å². The Labute approximate surface area is 110 Å². The summed E-state index contributed by atoms with van der Waals surface area (Å²) in [6.45, 7) is -0.0434. The number of aryl methyl sites for hydroxylation is 1. The molecule has 100 valence electrons. The molecule has 0 saturated heterocycles. The van der Waals surface area contributed by atoms with Gasteiger partial charge in [0, 0.05) is 13.2 Å². The number of ether oxygens (including phenoxy) is 1. The summed E-state index contributed by atoms with van der Waals surface area (Å²) in [6.07, 6.45) is 3.25. The molecule has 0 unspecified atom stereocenters. The lowest BCUT2D eigenvalue weighted by Crippen LogP contribution is -2.28. The minimum atomic E-state index is -0.527. The zero-order valence-electron chi connectivity index (χ0n) is 10.5.